The van der Waals surface area contributed by atoms with Crippen molar-refractivity contribution < 1.29 is 9.59 Å². The predicted molar refractivity (Wildman–Crippen MR) is 77.0 cm³/mol. The molecule has 0 aliphatic rings. The third-order valence-corrected chi connectivity index (χ3v) is 2.62. The molecule has 4 heteroatoms. The van der Waals surface area contributed by atoms with Gasteiger partial charge in [0.25, 0.3) is 0 Å². The van der Waals surface area contributed by atoms with Gasteiger partial charge in [-0.25, -0.2) is 0 Å². The summed E-state index contributed by atoms with van der Waals surface area (Å²) < 4.78 is 0. The molecule has 0 bridgehead atoms. The van der Waals surface area contributed by atoms with E-state index < -0.39 is 0 Å². The predicted octanol–water partition coefficient (Wildman–Crippen LogP) is 2.44. The molecule has 0 aliphatic heterocycles. The van der Waals surface area contributed by atoms with Gasteiger partial charge in [0, 0.05) is 12.2 Å². The molecule has 0 radical (unpaired) electrons. The molecule has 1 aromatic carbocycles. The third-order valence-electron chi connectivity index (χ3n) is 2.62. The molecule has 0 aliphatic carbocycles. The minimum atomic E-state index is -0.310. The van der Waals surface area contributed by atoms with Crippen LogP contribution in [0.1, 0.15) is 31.7 Å². The number of rotatable bonds is 6. The molecule has 2 amide bonds. The maximum Gasteiger partial charge on any atom is 0.233 e. The second-order valence-corrected chi connectivity index (χ2v) is 4.56. The van der Waals surface area contributed by atoms with Crippen molar-refractivity contribution in [3.63, 3.8) is 0 Å². The van der Waals surface area contributed by atoms with E-state index in [1.807, 2.05) is 24.3 Å². The standard InChI is InChI=1S/C15H20N2O2/c1-4-9-16-14(18)10-15(19)17-13-8-6-5-7-12(13)11(2)3/h4-8,11H,1,9-10H2,2-3H3,(H,16,18)(H,17,19). The van der Waals surface area contributed by atoms with Gasteiger partial charge in [0.2, 0.25) is 11.8 Å². The molecule has 4 nitrogen and oxygen atoms in total. The highest BCUT2D eigenvalue weighted by atomic mass is 16.2. The lowest BCUT2D eigenvalue weighted by molar-refractivity contribution is -0.126. The van der Waals surface area contributed by atoms with Crippen LogP contribution < -0.4 is 10.6 Å². The minimum Gasteiger partial charge on any atom is -0.352 e. The highest BCUT2D eigenvalue weighted by molar-refractivity contribution is 6.03. The number of carbonyl (C=O) groups excluding carboxylic acids is 2. The van der Waals surface area contributed by atoms with E-state index in [1.165, 1.54) is 0 Å². The summed E-state index contributed by atoms with van der Waals surface area (Å²) in [5, 5.41) is 5.34. The molecule has 0 aromatic heterocycles. The molecular formula is C15H20N2O2. The van der Waals surface area contributed by atoms with Crippen molar-refractivity contribution in [1.29, 1.82) is 0 Å². The van der Waals surface area contributed by atoms with E-state index in [2.05, 4.69) is 31.1 Å². The Hall–Kier alpha value is -2.10. The number of nitrogens with one attached hydrogen (secondary N) is 2. The number of hydrogen-bond acceptors (Lipinski definition) is 2. The summed E-state index contributed by atoms with van der Waals surface area (Å²) in [5.41, 5.74) is 1.82. The Morgan fingerprint density at radius 1 is 1.26 bits per heavy atom. The van der Waals surface area contributed by atoms with Gasteiger partial charge in [0.05, 0.1) is 0 Å². The molecule has 1 rings (SSSR count). The molecule has 1 aromatic rings. The van der Waals surface area contributed by atoms with Crippen molar-refractivity contribution in [2.45, 2.75) is 26.2 Å². The van der Waals surface area contributed by atoms with Crippen molar-refractivity contribution in [2.75, 3.05) is 11.9 Å². The lowest BCUT2D eigenvalue weighted by atomic mass is 10.0. The van der Waals surface area contributed by atoms with Crippen LogP contribution in [0.25, 0.3) is 0 Å². The Kier molecular flexibility index (Phi) is 5.79. The third kappa shape index (κ3) is 4.95. The number of benzene rings is 1. The molecule has 0 saturated heterocycles. The summed E-state index contributed by atoms with van der Waals surface area (Å²) in [6.45, 7) is 7.98. The first kappa shape index (κ1) is 15.0. The van der Waals surface area contributed by atoms with Crippen LogP contribution in [-0.4, -0.2) is 18.4 Å². The molecular weight excluding hydrogens is 240 g/mol. The first-order chi connectivity index (χ1) is 9.04. The summed E-state index contributed by atoms with van der Waals surface area (Å²) >= 11 is 0. The van der Waals surface area contributed by atoms with Gasteiger partial charge in [0.15, 0.2) is 0 Å². The van der Waals surface area contributed by atoms with Crippen molar-refractivity contribution in [2.24, 2.45) is 0 Å². The molecule has 2 N–H and O–H groups in total. The van der Waals surface area contributed by atoms with Gasteiger partial charge < -0.3 is 10.6 Å². The number of carbonyl (C=O) groups is 2. The van der Waals surface area contributed by atoms with Crippen LogP contribution in [0.5, 0.6) is 0 Å². The number of amides is 2. The molecule has 0 saturated carbocycles. The molecule has 0 atom stereocenters. The van der Waals surface area contributed by atoms with E-state index >= 15 is 0 Å². The summed E-state index contributed by atoms with van der Waals surface area (Å²) in [6.07, 6.45) is 1.39. The van der Waals surface area contributed by atoms with Crippen molar-refractivity contribution in [3.05, 3.63) is 42.5 Å². The fourth-order valence-corrected chi connectivity index (χ4v) is 1.70. The van der Waals surface area contributed by atoms with Crippen LogP contribution in [0, 0.1) is 0 Å². The zero-order valence-corrected chi connectivity index (χ0v) is 11.4. The molecule has 19 heavy (non-hydrogen) atoms. The molecule has 0 fully saturated rings. The van der Waals surface area contributed by atoms with Crippen molar-refractivity contribution >= 4 is 17.5 Å². The van der Waals surface area contributed by atoms with E-state index in [4.69, 9.17) is 0 Å². The van der Waals surface area contributed by atoms with E-state index in [0.29, 0.717) is 12.5 Å². The van der Waals surface area contributed by atoms with E-state index in [9.17, 15) is 9.59 Å². The SMILES string of the molecule is C=CCNC(=O)CC(=O)Nc1ccccc1C(C)C. The first-order valence-electron chi connectivity index (χ1n) is 6.31. The molecule has 0 spiro atoms. The fourth-order valence-electron chi connectivity index (χ4n) is 1.70. The quantitative estimate of drug-likeness (QED) is 0.609. The number of para-hydroxylation sites is 1. The largest absolute Gasteiger partial charge is 0.352 e. The lowest BCUT2D eigenvalue weighted by Gasteiger charge is -2.13. The normalized spacial score (nSPS) is 10.1. The van der Waals surface area contributed by atoms with E-state index in [0.717, 1.165) is 11.3 Å². The van der Waals surface area contributed by atoms with E-state index in [-0.39, 0.29) is 18.2 Å². The topological polar surface area (TPSA) is 58.2 Å². The Morgan fingerprint density at radius 3 is 2.58 bits per heavy atom. The maximum absolute atomic E-state index is 11.8. The number of hydrogen-bond donors (Lipinski definition) is 2. The van der Waals surface area contributed by atoms with Crippen molar-refractivity contribution in [1.82, 2.24) is 5.32 Å². The lowest BCUT2D eigenvalue weighted by Crippen LogP contribution is -2.28. The van der Waals surface area contributed by atoms with Crippen LogP contribution in [0.4, 0.5) is 5.69 Å². The van der Waals surface area contributed by atoms with Gasteiger partial charge in [0.1, 0.15) is 6.42 Å². The van der Waals surface area contributed by atoms with Crippen LogP contribution in [-0.2, 0) is 9.59 Å². The van der Waals surface area contributed by atoms with Gasteiger partial charge in [-0.3, -0.25) is 9.59 Å². The summed E-state index contributed by atoms with van der Waals surface area (Å²) in [4.78, 5) is 23.2. The van der Waals surface area contributed by atoms with Gasteiger partial charge in [-0.2, -0.15) is 0 Å². The van der Waals surface area contributed by atoms with Crippen LogP contribution in [0.2, 0.25) is 0 Å². The second kappa shape index (κ2) is 7.36. The minimum absolute atomic E-state index is 0.180. The second-order valence-electron chi connectivity index (χ2n) is 4.56. The Morgan fingerprint density at radius 2 is 1.95 bits per heavy atom. The monoisotopic (exact) mass is 260 g/mol. The van der Waals surface area contributed by atoms with Gasteiger partial charge in [-0.1, -0.05) is 38.1 Å². The average molecular weight is 260 g/mol. The van der Waals surface area contributed by atoms with Gasteiger partial charge >= 0.3 is 0 Å². The van der Waals surface area contributed by atoms with Crippen molar-refractivity contribution in [3.8, 4) is 0 Å². The number of anilines is 1. The Bertz CT molecular complexity index is 467. The molecule has 102 valence electrons. The van der Waals surface area contributed by atoms with Crippen LogP contribution in [0.3, 0.4) is 0 Å². The van der Waals surface area contributed by atoms with Gasteiger partial charge in [-0.05, 0) is 17.5 Å². The zero-order chi connectivity index (χ0) is 14.3. The Labute approximate surface area is 113 Å². The van der Waals surface area contributed by atoms with Crippen LogP contribution >= 0.6 is 0 Å². The molecule has 0 heterocycles. The highest BCUT2D eigenvalue weighted by Crippen LogP contribution is 2.23. The smallest absolute Gasteiger partial charge is 0.233 e. The van der Waals surface area contributed by atoms with Crippen LogP contribution in [0.15, 0.2) is 36.9 Å². The van der Waals surface area contributed by atoms with Gasteiger partial charge in [-0.15, -0.1) is 6.58 Å². The fraction of sp³-hybridized carbons (Fsp3) is 0.333. The summed E-state index contributed by atoms with van der Waals surface area (Å²) in [6, 6.07) is 7.61. The Balaban J connectivity index is 2.62. The maximum atomic E-state index is 11.8. The highest BCUT2D eigenvalue weighted by Gasteiger charge is 2.12. The summed E-state index contributed by atoms with van der Waals surface area (Å²) in [5.74, 6) is -0.305. The first-order valence-corrected chi connectivity index (χ1v) is 6.31. The van der Waals surface area contributed by atoms with E-state index in [1.54, 1.807) is 6.08 Å². The summed E-state index contributed by atoms with van der Waals surface area (Å²) in [7, 11) is 0. The molecule has 0 unspecified atom stereocenters. The average Bonchev–Trinajstić information content (AvgIpc) is 2.36. The zero-order valence-electron chi connectivity index (χ0n) is 11.4.